The average molecular weight is 302 g/mol. The first kappa shape index (κ1) is 13.9. The van der Waals surface area contributed by atoms with Gasteiger partial charge in [0.25, 0.3) is 0 Å². The molecule has 0 unspecified atom stereocenters. The number of aromatic amines is 1. The maximum atomic E-state index is 13.7. The molecule has 0 aliphatic heterocycles. The standard InChI is InChI=1S/C16H15FN2OS/c1-16(2,3)15-18-11(8-13(21)19-15)12-7-9-5-4-6-10(17)14(9)20-12/h4-8H,1-3H3,(H,18,19,21). The average Bonchev–Trinajstić information content (AvgIpc) is 2.82. The van der Waals surface area contributed by atoms with Gasteiger partial charge in [-0.3, -0.25) is 0 Å². The molecule has 0 aliphatic carbocycles. The van der Waals surface area contributed by atoms with Crippen molar-refractivity contribution in [1.29, 1.82) is 0 Å². The number of hydrogen-bond donors (Lipinski definition) is 1. The Morgan fingerprint density at radius 2 is 2.00 bits per heavy atom. The summed E-state index contributed by atoms with van der Waals surface area (Å²) >= 11 is 5.22. The molecule has 5 heteroatoms. The molecule has 1 aromatic carbocycles. The van der Waals surface area contributed by atoms with Crippen molar-refractivity contribution in [1.82, 2.24) is 9.97 Å². The third-order valence-corrected chi connectivity index (χ3v) is 3.42. The van der Waals surface area contributed by atoms with Crippen molar-refractivity contribution >= 4 is 23.2 Å². The monoisotopic (exact) mass is 302 g/mol. The van der Waals surface area contributed by atoms with Crippen LogP contribution >= 0.6 is 12.2 Å². The van der Waals surface area contributed by atoms with Gasteiger partial charge >= 0.3 is 0 Å². The van der Waals surface area contributed by atoms with E-state index in [9.17, 15) is 4.39 Å². The van der Waals surface area contributed by atoms with E-state index in [4.69, 9.17) is 16.6 Å². The maximum absolute atomic E-state index is 13.7. The van der Waals surface area contributed by atoms with Crippen molar-refractivity contribution in [2.75, 3.05) is 0 Å². The topological polar surface area (TPSA) is 41.8 Å². The van der Waals surface area contributed by atoms with Crippen molar-refractivity contribution in [2.45, 2.75) is 26.2 Å². The molecule has 0 saturated heterocycles. The number of rotatable bonds is 1. The molecule has 0 fully saturated rings. The minimum absolute atomic E-state index is 0.166. The van der Waals surface area contributed by atoms with Gasteiger partial charge in [-0.2, -0.15) is 0 Å². The summed E-state index contributed by atoms with van der Waals surface area (Å²) in [7, 11) is 0. The van der Waals surface area contributed by atoms with E-state index >= 15 is 0 Å². The van der Waals surface area contributed by atoms with Crippen LogP contribution in [-0.2, 0) is 5.41 Å². The Morgan fingerprint density at radius 3 is 2.67 bits per heavy atom. The Kier molecular flexibility index (Phi) is 3.17. The summed E-state index contributed by atoms with van der Waals surface area (Å²) in [4.78, 5) is 7.57. The van der Waals surface area contributed by atoms with E-state index in [1.807, 2.05) is 26.8 Å². The van der Waals surface area contributed by atoms with Crippen LogP contribution in [0.4, 0.5) is 4.39 Å². The van der Waals surface area contributed by atoms with Crippen LogP contribution in [0, 0.1) is 10.5 Å². The van der Waals surface area contributed by atoms with Crippen LogP contribution in [0.1, 0.15) is 26.6 Å². The van der Waals surface area contributed by atoms with Gasteiger partial charge in [0.2, 0.25) is 0 Å². The number of H-pyrrole nitrogens is 1. The number of benzene rings is 1. The number of furan rings is 1. The zero-order chi connectivity index (χ0) is 15.2. The predicted octanol–water partition coefficient (Wildman–Crippen LogP) is 4.99. The molecule has 0 radical (unpaired) electrons. The van der Waals surface area contributed by atoms with Gasteiger partial charge in [0.15, 0.2) is 17.2 Å². The lowest BCUT2D eigenvalue weighted by Gasteiger charge is -2.17. The van der Waals surface area contributed by atoms with Crippen LogP contribution in [0.2, 0.25) is 0 Å². The van der Waals surface area contributed by atoms with E-state index in [1.54, 1.807) is 18.2 Å². The van der Waals surface area contributed by atoms with Crippen LogP contribution in [-0.4, -0.2) is 9.97 Å². The Hall–Kier alpha value is -2.01. The second kappa shape index (κ2) is 4.77. The smallest absolute Gasteiger partial charge is 0.170 e. The number of para-hydroxylation sites is 1. The molecule has 3 rings (SSSR count). The van der Waals surface area contributed by atoms with Crippen molar-refractivity contribution in [3.63, 3.8) is 0 Å². The van der Waals surface area contributed by atoms with Crippen molar-refractivity contribution < 1.29 is 8.81 Å². The first-order chi connectivity index (χ1) is 9.84. The molecule has 0 atom stereocenters. The summed E-state index contributed by atoms with van der Waals surface area (Å²) in [6.07, 6.45) is 0. The van der Waals surface area contributed by atoms with Crippen molar-refractivity contribution in [2.24, 2.45) is 0 Å². The van der Waals surface area contributed by atoms with Gasteiger partial charge in [0, 0.05) is 16.9 Å². The fourth-order valence-electron chi connectivity index (χ4n) is 2.11. The Balaban J connectivity index is 2.21. The van der Waals surface area contributed by atoms with E-state index in [-0.39, 0.29) is 16.8 Å². The number of halogens is 1. The molecule has 3 aromatic rings. The van der Waals surface area contributed by atoms with Gasteiger partial charge in [-0.25, -0.2) is 9.37 Å². The van der Waals surface area contributed by atoms with Crippen LogP contribution < -0.4 is 0 Å². The molecule has 0 bridgehead atoms. The first-order valence-corrected chi connectivity index (χ1v) is 7.06. The van der Waals surface area contributed by atoms with Gasteiger partial charge in [-0.1, -0.05) is 45.1 Å². The van der Waals surface area contributed by atoms with Crippen molar-refractivity contribution in [3.05, 3.63) is 46.6 Å². The maximum Gasteiger partial charge on any atom is 0.170 e. The van der Waals surface area contributed by atoms with Crippen LogP contribution in [0.15, 0.2) is 34.7 Å². The summed E-state index contributed by atoms with van der Waals surface area (Å²) in [5.74, 6) is 0.947. The molecule has 2 aromatic heterocycles. The minimum Gasteiger partial charge on any atom is -0.451 e. The summed E-state index contributed by atoms with van der Waals surface area (Å²) in [5, 5.41) is 0.721. The molecule has 0 saturated carbocycles. The van der Waals surface area contributed by atoms with Crippen LogP contribution in [0.3, 0.4) is 0 Å². The number of fused-ring (bicyclic) bond motifs is 1. The highest BCUT2D eigenvalue weighted by Crippen LogP contribution is 2.29. The Bertz CT molecular complexity index is 874. The van der Waals surface area contributed by atoms with E-state index < -0.39 is 0 Å². The number of hydrogen-bond acceptors (Lipinski definition) is 3. The van der Waals surface area contributed by atoms with E-state index in [2.05, 4.69) is 9.97 Å². The highest BCUT2D eigenvalue weighted by atomic mass is 32.1. The van der Waals surface area contributed by atoms with E-state index in [0.717, 1.165) is 11.2 Å². The summed E-state index contributed by atoms with van der Waals surface area (Å²) in [6.45, 7) is 6.13. The summed E-state index contributed by atoms with van der Waals surface area (Å²) < 4.78 is 19.8. The molecule has 0 amide bonds. The summed E-state index contributed by atoms with van der Waals surface area (Å²) in [5.41, 5.74) is 0.789. The lowest BCUT2D eigenvalue weighted by atomic mass is 9.95. The zero-order valence-corrected chi connectivity index (χ0v) is 12.8. The largest absolute Gasteiger partial charge is 0.451 e. The number of aromatic nitrogens is 2. The van der Waals surface area contributed by atoms with Gasteiger partial charge in [0.05, 0.1) is 5.69 Å². The fourth-order valence-corrected chi connectivity index (χ4v) is 2.31. The lowest BCUT2D eigenvalue weighted by Crippen LogP contribution is -2.16. The van der Waals surface area contributed by atoms with E-state index in [1.165, 1.54) is 6.07 Å². The highest BCUT2D eigenvalue weighted by Gasteiger charge is 2.18. The molecule has 21 heavy (non-hydrogen) atoms. The lowest BCUT2D eigenvalue weighted by molar-refractivity contribution is 0.540. The van der Waals surface area contributed by atoms with Crippen molar-refractivity contribution in [3.8, 4) is 11.5 Å². The summed E-state index contributed by atoms with van der Waals surface area (Å²) in [6, 6.07) is 8.37. The highest BCUT2D eigenvalue weighted by molar-refractivity contribution is 7.71. The normalized spacial score (nSPS) is 12.0. The van der Waals surface area contributed by atoms with Gasteiger partial charge in [-0.05, 0) is 12.1 Å². The quantitative estimate of drug-likeness (QED) is 0.644. The second-order valence-electron chi connectivity index (χ2n) is 6.00. The molecule has 0 spiro atoms. The first-order valence-electron chi connectivity index (χ1n) is 6.65. The Morgan fingerprint density at radius 1 is 1.24 bits per heavy atom. The molecule has 3 nitrogen and oxygen atoms in total. The molecular formula is C16H15FN2OS. The number of nitrogens with one attached hydrogen (secondary N) is 1. The van der Waals surface area contributed by atoms with Crippen LogP contribution in [0.25, 0.3) is 22.4 Å². The molecular weight excluding hydrogens is 287 g/mol. The molecule has 1 N–H and O–H groups in total. The van der Waals surface area contributed by atoms with Crippen LogP contribution in [0.5, 0.6) is 0 Å². The number of nitrogens with zero attached hydrogens (tertiary/aromatic N) is 1. The predicted molar refractivity (Wildman–Crippen MR) is 83.3 cm³/mol. The molecule has 0 aliphatic rings. The zero-order valence-electron chi connectivity index (χ0n) is 12.0. The third kappa shape index (κ3) is 2.61. The van der Waals surface area contributed by atoms with Gasteiger partial charge < -0.3 is 9.40 Å². The minimum atomic E-state index is -0.373. The SMILES string of the molecule is CC(C)(C)c1nc(=S)cc(-c2cc3cccc(F)c3o2)[nH]1. The Labute approximate surface area is 126 Å². The molecule has 2 heterocycles. The third-order valence-electron chi connectivity index (χ3n) is 3.21. The fraction of sp³-hybridized carbons (Fsp3) is 0.250. The molecule has 108 valence electrons. The second-order valence-corrected chi connectivity index (χ2v) is 6.42. The van der Waals surface area contributed by atoms with Gasteiger partial charge in [-0.15, -0.1) is 0 Å². The van der Waals surface area contributed by atoms with Gasteiger partial charge in [0.1, 0.15) is 10.5 Å². The van der Waals surface area contributed by atoms with E-state index in [0.29, 0.717) is 16.1 Å².